The molecule has 1 aliphatic carbocycles. The SMILES string of the molecule is CCc1cnc(CNC(c2ccc(C)cc2)C2CC2)s1. The van der Waals surface area contributed by atoms with Crippen LogP contribution in [0.4, 0.5) is 0 Å². The van der Waals surface area contributed by atoms with Gasteiger partial charge in [0.1, 0.15) is 5.01 Å². The van der Waals surface area contributed by atoms with E-state index >= 15 is 0 Å². The van der Waals surface area contributed by atoms with E-state index in [0.717, 1.165) is 18.9 Å². The third-order valence-electron chi connectivity index (χ3n) is 3.95. The normalized spacial score (nSPS) is 16.3. The van der Waals surface area contributed by atoms with E-state index in [4.69, 9.17) is 0 Å². The van der Waals surface area contributed by atoms with Crippen molar-refractivity contribution < 1.29 is 0 Å². The molecule has 1 heterocycles. The lowest BCUT2D eigenvalue weighted by Gasteiger charge is -2.18. The summed E-state index contributed by atoms with van der Waals surface area (Å²) in [5, 5.41) is 4.93. The number of thiazole rings is 1. The maximum atomic E-state index is 4.50. The number of hydrogen-bond donors (Lipinski definition) is 1. The van der Waals surface area contributed by atoms with E-state index < -0.39 is 0 Å². The smallest absolute Gasteiger partial charge is 0.107 e. The largest absolute Gasteiger partial charge is 0.303 e. The third kappa shape index (κ3) is 3.28. The van der Waals surface area contributed by atoms with Crippen LogP contribution in [-0.4, -0.2) is 4.98 Å². The topological polar surface area (TPSA) is 24.9 Å². The summed E-state index contributed by atoms with van der Waals surface area (Å²) in [6, 6.07) is 9.45. The molecule has 1 unspecified atom stereocenters. The van der Waals surface area contributed by atoms with E-state index in [0.29, 0.717) is 6.04 Å². The van der Waals surface area contributed by atoms with Gasteiger partial charge in [-0.15, -0.1) is 11.3 Å². The lowest BCUT2D eigenvalue weighted by Crippen LogP contribution is -2.22. The zero-order valence-electron chi connectivity index (χ0n) is 12.2. The van der Waals surface area contributed by atoms with Crippen molar-refractivity contribution in [2.45, 2.75) is 45.7 Å². The zero-order valence-corrected chi connectivity index (χ0v) is 13.0. The highest BCUT2D eigenvalue weighted by molar-refractivity contribution is 7.11. The Morgan fingerprint density at radius 3 is 2.65 bits per heavy atom. The predicted molar refractivity (Wildman–Crippen MR) is 85.0 cm³/mol. The van der Waals surface area contributed by atoms with Crippen molar-refractivity contribution in [2.75, 3.05) is 0 Å². The molecule has 1 atom stereocenters. The minimum absolute atomic E-state index is 0.490. The summed E-state index contributed by atoms with van der Waals surface area (Å²) in [4.78, 5) is 5.88. The average molecular weight is 286 g/mol. The van der Waals surface area contributed by atoms with Gasteiger partial charge >= 0.3 is 0 Å². The maximum Gasteiger partial charge on any atom is 0.107 e. The highest BCUT2D eigenvalue weighted by Crippen LogP contribution is 2.41. The first-order chi connectivity index (χ1) is 9.76. The molecule has 3 rings (SSSR count). The van der Waals surface area contributed by atoms with Gasteiger partial charge in [-0.05, 0) is 37.7 Å². The number of aryl methyl sites for hydroxylation is 2. The highest BCUT2D eigenvalue weighted by atomic mass is 32.1. The fourth-order valence-electron chi connectivity index (χ4n) is 2.55. The van der Waals surface area contributed by atoms with Crippen LogP contribution < -0.4 is 5.32 Å². The molecule has 1 aliphatic rings. The second kappa shape index (κ2) is 6.06. The van der Waals surface area contributed by atoms with Crippen molar-refractivity contribution in [3.05, 3.63) is 51.5 Å². The van der Waals surface area contributed by atoms with Crippen LogP contribution in [0, 0.1) is 12.8 Å². The van der Waals surface area contributed by atoms with Gasteiger partial charge in [0.25, 0.3) is 0 Å². The molecule has 2 nitrogen and oxygen atoms in total. The van der Waals surface area contributed by atoms with Crippen LogP contribution in [0.15, 0.2) is 30.5 Å². The van der Waals surface area contributed by atoms with Crippen molar-refractivity contribution in [1.29, 1.82) is 0 Å². The van der Waals surface area contributed by atoms with Gasteiger partial charge in [0, 0.05) is 23.7 Å². The molecule has 0 aliphatic heterocycles. The monoisotopic (exact) mass is 286 g/mol. The van der Waals surface area contributed by atoms with Crippen LogP contribution in [-0.2, 0) is 13.0 Å². The van der Waals surface area contributed by atoms with E-state index in [-0.39, 0.29) is 0 Å². The van der Waals surface area contributed by atoms with E-state index in [2.05, 4.69) is 48.4 Å². The number of nitrogens with zero attached hydrogens (tertiary/aromatic N) is 1. The summed E-state index contributed by atoms with van der Waals surface area (Å²) in [6.45, 7) is 5.22. The Hall–Kier alpha value is -1.19. The van der Waals surface area contributed by atoms with Crippen LogP contribution in [0.2, 0.25) is 0 Å². The first-order valence-corrected chi connectivity index (χ1v) is 8.31. The maximum absolute atomic E-state index is 4.50. The summed E-state index contributed by atoms with van der Waals surface area (Å²) >= 11 is 1.83. The van der Waals surface area contributed by atoms with Gasteiger partial charge in [-0.3, -0.25) is 0 Å². The van der Waals surface area contributed by atoms with Gasteiger partial charge in [0.2, 0.25) is 0 Å². The molecule has 1 saturated carbocycles. The number of nitrogens with one attached hydrogen (secondary N) is 1. The van der Waals surface area contributed by atoms with Crippen molar-refractivity contribution >= 4 is 11.3 Å². The summed E-state index contributed by atoms with van der Waals surface area (Å²) < 4.78 is 0. The highest BCUT2D eigenvalue weighted by Gasteiger charge is 2.31. The number of benzene rings is 1. The second-order valence-electron chi connectivity index (χ2n) is 5.68. The van der Waals surface area contributed by atoms with Gasteiger partial charge in [-0.25, -0.2) is 4.98 Å². The van der Waals surface area contributed by atoms with Crippen molar-refractivity contribution in [3.8, 4) is 0 Å². The van der Waals surface area contributed by atoms with Crippen LogP contribution >= 0.6 is 11.3 Å². The fraction of sp³-hybridized carbons (Fsp3) is 0.471. The summed E-state index contributed by atoms with van der Waals surface area (Å²) in [7, 11) is 0. The number of aromatic nitrogens is 1. The molecule has 2 aromatic rings. The van der Waals surface area contributed by atoms with Gasteiger partial charge in [-0.1, -0.05) is 36.8 Å². The Morgan fingerprint density at radius 2 is 2.05 bits per heavy atom. The third-order valence-corrected chi connectivity index (χ3v) is 5.09. The average Bonchev–Trinajstić information content (AvgIpc) is 3.19. The molecule has 0 amide bonds. The van der Waals surface area contributed by atoms with Gasteiger partial charge < -0.3 is 5.32 Å². The molecular formula is C17H22N2S. The molecule has 0 bridgehead atoms. The first kappa shape index (κ1) is 13.8. The van der Waals surface area contributed by atoms with Crippen LogP contribution in [0.3, 0.4) is 0 Å². The van der Waals surface area contributed by atoms with E-state index in [1.165, 1.54) is 33.9 Å². The quantitative estimate of drug-likeness (QED) is 0.858. The zero-order chi connectivity index (χ0) is 13.9. The number of rotatable bonds is 6. The molecular weight excluding hydrogens is 264 g/mol. The minimum atomic E-state index is 0.490. The van der Waals surface area contributed by atoms with Gasteiger partial charge in [-0.2, -0.15) is 0 Å². The van der Waals surface area contributed by atoms with Crippen LogP contribution in [0.5, 0.6) is 0 Å². The molecule has 106 valence electrons. The lowest BCUT2D eigenvalue weighted by atomic mass is 10.0. The molecule has 3 heteroatoms. The molecule has 1 aromatic heterocycles. The van der Waals surface area contributed by atoms with Crippen LogP contribution in [0.1, 0.15) is 46.8 Å². The molecule has 1 N–H and O–H groups in total. The summed E-state index contributed by atoms with van der Waals surface area (Å²) in [5.74, 6) is 0.809. The molecule has 1 fully saturated rings. The predicted octanol–water partition coefficient (Wildman–Crippen LogP) is 4.25. The van der Waals surface area contributed by atoms with E-state index in [1.807, 2.05) is 17.5 Å². The standard InChI is InChI=1S/C17H22N2S/c1-3-15-10-18-16(20-15)11-19-17(14-8-9-14)13-6-4-12(2)5-7-13/h4-7,10,14,17,19H,3,8-9,11H2,1-2H3. The summed E-state index contributed by atoms with van der Waals surface area (Å²) in [6.07, 6.45) is 5.80. The van der Waals surface area contributed by atoms with Gasteiger partial charge in [0.05, 0.1) is 0 Å². The molecule has 0 spiro atoms. The van der Waals surface area contributed by atoms with E-state index in [1.54, 1.807) is 0 Å². The molecule has 20 heavy (non-hydrogen) atoms. The van der Waals surface area contributed by atoms with Crippen molar-refractivity contribution in [1.82, 2.24) is 10.3 Å². The lowest BCUT2D eigenvalue weighted by molar-refractivity contribution is 0.479. The van der Waals surface area contributed by atoms with E-state index in [9.17, 15) is 0 Å². The van der Waals surface area contributed by atoms with Crippen molar-refractivity contribution in [3.63, 3.8) is 0 Å². The fourth-order valence-corrected chi connectivity index (χ4v) is 3.36. The van der Waals surface area contributed by atoms with Crippen molar-refractivity contribution in [2.24, 2.45) is 5.92 Å². The Bertz CT molecular complexity index is 555. The minimum Gasteiger partial charge on any atom is -0.303 e. The molecule has 0 radical (unpaired) electrons. The summed E-state index contributed by atoms with van der Waals surface area (Å²) in [5.41, 5.74) is 2.75. The molecule has 0 saturated heterocycles. The van der Waals surface area contributed by atoms with Gasteiger partial charge in [0.15, 0.2) is 0 Å². The number of hydrogen-bond acceptors (Lipinski definition) is 3. The Kier molecular flexibility index (Phi) is 4.18. The Morgan fingerprint density at radius 1 is 1.30 bits per heavy atom. The Labute approximate surface area is 125 Å². The first-order valence-electron chi connectivity index (χ1n) is 7.50. The molecule has 1 aromatic carbocycles. The van der Waals surface area contributed by atoms with Crippen LogP contribution in [0.25, 0.3) is 0 Å². The second-order valence-corrected chi connectivity index (χ2v) is 6.88. The Balaban J connectivity index is 1.67.